The lowest BCUT2D eigenvalue weighted by Gasteiger charge is -2.20. The van der Waals surface area contributed by atoms with E-state index < -0.39 is 11.4 Å². The van der Waals surface area contributed by atoms with E-state index >= 15 is 0 Å². The van der Waals surface area contributed by atoms with Crippen molar-refractivity contribution >= 4 is 38.6 Å². The average molecular weight is 292 g/mol. The number of amides is 1. The Bertz CT molecular complexity index is 616. The second-order valence-corrected chi connectivity index (χ2v) is 6.48. The molecular formula is C14H16N2O3S. The van der Waals surface area contributed by atoms with E-state index in [4.69, 9.17) is 5.11 Å². The summed E-state index contributed by atoms with van der Waals surface area (Å²) in [5.74, 6) is -1.11. The van der Waals surface area contributed by atoms with Gasteiger partial charge in [0.2, 0.25) is 5.91 Å². The van der Waals surface area contributed by atoms with Crippen molar-refractivity contribution in [1.82, 2.24) is 4.98 Å². The number of carbonyl (C=O) groups is 2. The Balaban J connectivity index is 2.02. The zero-order chi connectivity index (χ0) is 14.8. The molecule has 2 rings (SSSR count). The number of carbonyl (C=O) groups excluding carboxylic acids is 1. The van der Waals surface area contributed by atoms with Crippen LogP contribution in [-0.2, 0) is 9.59 Å². The number of aromatic nitrogens is 1. The number of nitrogens with one attached hydrogen (secondary N) is 1. The number of hydrogen-bond acceptors (Lipinski definition) is 4. The smallest absolute Gasteiger partial charge is 0.303 e. The molecule has 0 fully saturated rings. The minimum atomic E-state index is -0.900. The van der Waals surface area contributed by atoms with Crippen molar-refractivity contribution in [2.24, 2.45) is 5.41 Å². The molecule has 0 saturated heterocycles. The zero-order valence-corrected chi connectivity index (χ0v) is 12.2. The Morgan fingerprint density at radius 1 is 1.30 bits per heavy atom. The van der Waals surface area contributed by atoms with E-state index in [1.54, 1.807) is 13.8 Å². The van der Waals surface area contributed by atoms with Crippen LogP contribution in [0.15, 0.2) is 24.3 Å². The van der Waals surface area contributed by atoms with Crippen LogP contribution in [-0.4, -0.2) is 22.0 Å². The van der Waals surface area contributed by atoms with E-state index in [9.17, 15) is 9.59 Å². The van der Waals surface area contributed by atoms with E-state index in [1.807, 2.05) is 24.3 Å². The standard InChI is InChI=1S/C14H16N2O3S/c1-14(2,8-12(18)19)7-11(17)16-13-15-9-5-3-4-6-10(9)20-13/h3-6H,7-8H2,1-2H3,(H,18,19)(H,15,16,17). The Hall–Kier alpha value is -1.95. The van der Waals surface area contributed by atoms with Crippen LogP contribution in [0.5, 0.6) is 0 Å². The average Bonchev–Trinajstić information content (AvgIpc) is 2.67. The first-order valence-electron chi connectivity index (χ1n) is 6.23. The normalized spacial score (nSPS) is 11.5. The van der Waals surface area contributed by atoms with Crippen molar-refractivity contribution in [3.63, 3.8) is 0 Å². The molecule has 0 unspecified atom stereocenters. The molecule has 106 valence electrons. The van der Waals surface area contributed by atoms with Crippen molar-refractivity contribution < 1.29 is 14.7 Å². The summed E-state index contributed by atoms with van der Waals surface area (Å²) in [5.41, 5.74) is 0.268. The van der Waals surface area contributed by atoms with Gasteiger partial charge in [-0.05, 0) is 17.5 Å². The molecule has 1 amide bonds. The molecule has 0 spiro atoms. The van der Waals surface area contributed by atoms with Crippen LogP contribution < -0.4 is 5.32 Å². The predicted octanol–water partition coefficient (Wildman–Crippen LogP) is 3.13. The minimum absolute atomic E-state index is 0.0414. The Morgan fingerprint density at radius 3 is 2.65 bits per heavy atom. The van der Waals surface area contributed by atoms with Gasteiger partial charge in [-0.15, -0.1) is 0 Å². The first-order valence-corrected chi connectivity index (χ1v) is 7.05. The molecule has 0 atom stereocenters. The maximum Gasteiger partial charge on any atom is 0.303 e. The summed E-state index contributed by atoms with van der Waals surface area (Å²) in [6.45, 7) is 3.53. The number of para-hydroxylation sites is 1. The third kappa shape index (κ3) is 3.77. The Morgan fingerprint density at radius 2 is 2.00 bits per heavy atom. The molecule has 6 heteroatoms. The lowest BCUT2D eigenvalue weighted by molar-refractivity contribution is -0.139. The molecule has 0 saturated carbocycles. The summed E-state index contributed by atoms with van der Waals surface area (Å²) >= 11 is 1.41. The molecule has 0 radical (unpaired) electrons. The summed E-state index contributed by atoms with van der Waals surface area (Å²) in [7, 11) is 0. The van der Waals surface area contributed by atoms with E-state index in [1.165, 1.54) is 11.3 Å². The molecule has 1 aromatic carbocycles. The van der Waals surface area contributed by atoms with Gasteiger partial charge in [0.25, 0.3) is 0 Å². The van der Waals surface area contributed by atoms with Gasteiger partial charge in [-0.2, -0.15) is 0 Å². The van der Waals surface area contributed by atoms with Crippen molar-refractivity contribution in [3.8, 4) is 0 Å². The van der Waals surface area contributed by atoms with Crippen molar-refractivity contribution in [2.45, 2.75) is 26.7 Å². The third-order valence-corrected chi connectivity index (χ3v) is 3.76. The van der Waals surface area contributed by atoms with Crippen LogP contribution >= 0.6 is 11.3 Å². The molecule has 1 heterocycles. The Kier molecular flexibility index (Phi) is 4.04. The summed E-state index contributed by atoms with van der Waals surface area (Å²) < 4.78 is 1.01. The number of thiazole rings is 1. The van der Waals surface area contributed by atoms with Gasteiger partial charge < -0.3 is 10.4 Å². The minimum Gasteiger partial charge on any atom is -0.481 e. The highest BCUT2D eigenvalue weighted by Gasteiger charge is 2.25. The molecule has 0 aliphatic carbocycles. The second-order valence-electron chi connectivity index (χ2n) is 5.45. The maximum atomic E-state index is 11.9. The largest absolute Gasteiger partial charge is 0.481 e. The summed E-state index contributed by atoms with van der Waals surface area (Å²) in [4.78, 5) is 27.0. The van der Waals surface area contributed by atoms with Gasteiger partial charge >= 0.3 is 5.97 Å². The van der Waals surface area contributed by atoms with E-state index in [2.05, 4.69) is 10.3 Å². The third-order valence-electron chi connectivity index (χ3n) is 2.81. The lowest BCUT2D eigenvalue weighted by Crippen LogP contribution is -2.24. The van der Waals surface area contributed by atoms with Crippen molar-refractivity contribution in [1.29, 1.82) is 0 Å². The number of aliphatic carboxylic acids is 1. The predicted molar refractivity (Wildman–Crippen MR) is 78.9 cm³/mol. The molecular weight excluding hydrogens is 276 g/mol. The van der Waals surface area contributed by atoms with Gasteiger partial charge in [0.05, 0.1) is 16.6 Å². The lowest BCUT2D eigenvalue weighted by atomic mass is 9.85. The number of fused-ring (bicyclic) bond motifs is 1. The van der Waals surface area contributed by atoms with Gasteiger partial charge in [0, 0.05) is 6.42 Å². The number of benzene rings is 1. The maximum absolute atomic E-state index is 11.9. The quantitative estimate of drug-likeness (QED) is 0.887. The number of nitrogens with zero attached hydrogens (tertiary/aromatic N) is 1. The number of carboxylic acids is 1. The number of carboxylic acid groups (broad SMARTS) is 1. The van der Waals surface area contributed by atoms with Gasteiger partial charge in [0.1, 0.15) is 0 Å². The van der Waals surface area contributed by atoms with Crippen LogP contribution in [0.2, 0.25) is 0 Å². The van der Waals surface area contributed by atoms with Crippen molar-refractivity contribution in [2.75, 3.05) is 5.32 Å². The van der Waals surface area contributed by atoms with Crippen LogP contribution in [0.4, 0.5) is 5.13 Å². The molecule has 0 bridgehead atoms. The highest BCUT2D eigenvalue weighted by molar-refractivity contribution is 7.22. The van der Waals surface area contributed by atoms with Crippen LogP contribution in [0.1, 0.15) is 26.7 Å². The monoisotopic (exact) mass is 292 g/mol. The number of hydrogen-bond donors (Lipinski definition) is 2. The van der Waals surface area contributed by atoms with Gasteiger partial charge in [-0.25, -0.2) is 4.98 Å². The van der Waals surface area contributed by atoms with E-state index in [0.29, 0.717) is 5.13 Å². The Labute approximate surface area is 120 Å². The van der Waals surface area contributed by atoms with Crippen LogP contribution in [0.25, 0.3) is 10.2 Å². The number of anilines is 1. The molecule has 2 N–H and O–H groups in total. The SMILES string of the molecule is CC(C)(CC(=O)O)CC(=O)Nc1nc2ccccc2s1. The van der Waals surface area contributed by atoms with Gasteiger partial charge in [-0.1, -0.05) is 37.3 Å². The van der Waals surface area contributed by atoms with Crippen LogP contribution in [0.3, 0.4) is 0 Å². The highest BCUT2D eigenvalue weighted by Crippen LogP contribution is 2.28. The van der Waals surface area contributed by atoms with E-state index in [0.717, 1.165) is 10.2 Å². The van der Waals surface area contributed by atoms with Crippen molar-refractivity contribution in [3.05, 3.63) is 24.3 Å². The first-order chi connectivity index (χ1) is 9.35. The van der Waals surface area contributed by atoms with Gasteiger partial charge in [-0.3, -0.25) is 9.59 Å². The fraction of sp³-hybridized carbons (Fsp3) is 0.357. The second kappa shape index (κ2) is 5.58. The van der Waals surface area contributed by atoms with E-state index in [-0.39, 0.29) is 18.7 Å². The zero-order valence-electron chi connectivity index (χ0n) is 11.3. The highest BCUT2D eigenvalue weighted by atomic mass is 32.1. The van der Waals surface area contributed by atoms with Crippen LogP contribution in [0, 0.1) is 5.41 Å². The summed E-state index contributed by atoms with van der Waals surface area (Å²) in [5, 5.41) is 12.1. The molecule has 20 heavy (non-hydrogen) atoms. The molecule has 2 aromatic rings. The molecule has 5 nitrogen and oxygen atoms in total. The summed E-state index contributed by atoms with van der Waals surface area (Å²) in [6, 6.07) is 7.64. The topological polar surface area (TPSA) is 79.3 Å². The number of rotatable bonds is 5. The molecule has 1 aromatic heterocycles. The fourth-order valence-electron chi connectivity index (χ4n) is 2.00. The van der Waals surface area contributed by atoms with Gasteiger partial charge in [0.15, 0.2) is 5.13 Å². The molecule has 0 aliphatic heterocycles. The molecule has 0 aliphatic rings. The summed E-state index contributed by atoms with van der Waals surface area (Å²) in [6.07, 6.45) is 0.107. The first kappa shape index (κ1) is 14.5. The fourth-order valence-corrected chi connectivity index (χ4v) is 2.88.